The molecule has 1 N–H and O–H groups in total. The van der Waals surface area contributed by atoms with E-state index in [0.29, 0.717) is 22.8 Å². The van der Waals surface area contributed by atoms with E-state index in [-0.39, 0.29) is 11.0 Å². The van der Waals surface area contributed by atoms with Gasteiger partial charge in [0.2, 0.25) is 10.6 Å². The van der Waals surface area contributed by atoms with Crippen molar-refractivity contribution in [3.8, 4) is 5.75 Å². The molecule has 24 heavy (non-hydrogen) atoms. The fourth-order valence-corrected chi connectivity index (χ4v) is 3.03. The number of pyridine rings is 1. The molecular formula is C16H16N4O3S. The van der Waals surface area contributed by atoms with Crippen LogP contribution in [0.15, 0.2) is 29.2 Å². The molecule has 7 nitrogen and oxygen atoms in total. The second-order valence-corrected chi connectivity index (χ2v) is 6.30. The number of rotatable bonds is 4. The van der Waals surface area contributed by atoms with Crippen LogP contribution < -0.4 is 15.5 Å². The molecule has 0 radical (unpaired) electrons. The van der Waals surface area contributed by atoms with E-state index in [1.54, 1.807) is 25.3 Å². The first kappa shape index (κ1) is 16.1. The van der Waals surface area contributed by atoms with E-state index < -0.39 is 5.91 Å². The van der Waals surface area contributed by atoms with Crippen LogP contribution in [0.4, 0.5) is 5.13 Å². The van der Waals surface area contributed by atoms with Gasteiger partial charge >= 0.3 is 0 Å². The topological polar surface area (TPSA) is 86.1 Å². The molecule has 0 aliphatic heterocycles. The second-order valence-electron chi connectivity index (χ2n) is 5.12. The van der Waals surface area contributed by atoms with E-state index in [0.717, 1.165) is 10.5 Å². The van der Waals surface area contributed by atoms with Gasteiger partial charge in [-0.05, 0) is 32.0 Å². The Kier molecular flexibility index (Phi) is 4.30. The summed E-state index contributed by atoms with van der Waals surface area (Å²) in [7, 11) is 1.54. The monoisotopic (exact) mass is 344 g/mol. The zero-order chi connectivity index (χ0) is 17.3. The summed E-state index contributed by atoms with van der Waals surface area (Å²) in [5.41, 5.74) is 0.476. The molecule has 0 aliphatic carbocycles. The Bertz CT molecular complexity index is 977. The minimum absolute atomic E-state index is 0.0606. The van der Waals surface area contributed by atoms with Crippen molar-refractivity contribution in [2.45, 2.75) is 20.4 Å². The highest BCUT2D eigenvalue weighted by Crippen LogP contribution is 2.20. The number of nitrogens with zero attached hydrogens (tertiary/aromatic N) is 3. The zero-order valence-electron chi connectivity index (χ0n) is 13.5. The molecule has 0 saturated heterocycles. The number of fused-ring (bicyclic) bond motifs is 1. The van der Waals surface area contributed by atoms with Gasteiger partial charge in [0.15, 0.2) is 0 Å². The number of amides is 1. The summed E-state index contributed by atoms with van der Waals surface area (Å²) in [5.74, 6) is 0.0719. The molecule has 0 bridgehead atoms. The van der Waals surface area contributed by atoms with Crippen molar-refractivity contribution in [2.75, 3.05) is 12.4 Å². The number of hydrogen-bond acceptors (Lipinski definition) is 6. The number of aromatic nitrogens is 3. The number of methoxy groups -OCH3 is 1. The number of benzene rings is 1. The minimum Gasteiger partial charge on any atom is -0.497 e. The number of aryl methyl sites for hydroxylation is 2. The summed E-state index contributed by atoms with van der Waals surface area (Å²) in [5, 5.41) is 11.9. The molecular weight excluding hydrogens is 328 g/mol. The molecule has 1 aromatic carbocycles. The molecule has 0 saturated carbocycles. The van der Waals surface area contributed by atoms with Gasteiger partial charge in [0.05, 0.1) is 18.0 Å². The van der Waals surface area contributed by atoms with Gasteiger partial charge in [-0.2, -0.15) is 0 Å². The predicted octanol–water partition coefficient (Wildman–Crippen LogP) is 2.44. The normalized spacial score (nSPS) is 10.8. The Morgan fingerprint density at radius 3 is 2.79 bits per heavy atom. The van der Waals surface area contributed by atoms with Crippen molar-refractivity contribution >= 4 is 33.3 Å². The van der Waals surface area contributed by atoms with E-state index in [1.807, 2.05) is 17.6 Å². The van der Waals surface area contributed by atoms with E-state index >= 15 is 0 Å². The van der Waals surface area contributed by atoms with Crippen molar-refractivity contribution in [1.82, 2.24) is 14.8 Å². The first-order valence-corrected chi connectivity index (χ1v) is 8.17. The van der Waals surface area contributed by atoms with Crippen LogP contribution in [0.2, 0.25) is 0 Å². The smallest absolute Gasteiger partial charge is 0.262 e. The van der Waals surface area contributed by atoms with Gasteiger partial charge in [-0.3, -0.25) is 14.9 Å². The third-order valence-corrected chi connectivity index (χ3v) is 4.37. The van der Waals surface area contributed by atoms with Gasteiger partial charge in [-0.1, -0.05) is 11.3 Å². The summed E-state index contributed by atoms with van der Waals surface area (Å²) < 4.78 is 7.04. The number of anilines is 1. The Hall–Kier alpha value is -2.74. The first-order chi connectivity index (χ1) is 11.5. The SMILES string of the molecule is CCn1cc(C(=O)Nc2nnc(C)s2)c(=O)c2cc(OC)ccc21. The molecule has 2 aromatic heterocycles. The molecule has 0 atom stereocenters. The highest BCUT2D eigenvalue weighted by Gasteiger charge is 2.17. The lowest BCUT2D eigenvalue weighted by atomic mass is 10.1. The predicted molar refractivity (Wildman–Crippen MR) is 93.0 cm³/mol. The molecule has 1 amide bonds. The average Bonchev–Trinajstić information content (AvgIpc) is 2.99. The Labute approximate surface area is 141 Å². The van der Waals surface area contributed by atoms with Crippen LogP contribution in [0, 0.1) is 6.92 Å². The van der Waals surface area contributed by atoms with Crippen LogP contribution in [0.5, 0.6) is 5.75 Å². The number of ether oxygens (including phenoxy) is 1. The van der Waals surface area contributed by atoms with Crippen LogP contribution >= 0.6 is 11.3 Å². The van der Waals surface area contributed by atoms with Crippen molar-refractivity contribution < 1.29 is 9.53 Å². The van der Waals surface area contributed by atoms with Gasteiger partial charge in [0.1, 0.15) is 16.3 Å². The zero-order valence-corrected chi connectivity index (χ0v) is 14.3. The molecule has 124 valence electrons. The first-order valence-electron chi connectivity index (χ1n) is 7.36. The number of nitrogens with one attached hydrogen (secondary N) is 1. The van der Waals surface area contributed by atoms with Gasteiger partial charge < -0.3 is 9.30 Å². The van der Waals surface area contributed by atoms with Crippen LogP contribution in [-0.2, 0) is 6.54 Å². The molecule has 2 heterocycles. The summed E-state index contributed by atoms with van der Waals surface area (Å²) in [6.45, 7) is 4.37. The standard InChI is InChI=1S/C16H16N4O3S/c1-4-20-8-12(15(22)17-16-19-18-9(2)24-16)14(21)11-7-10(23-3)5-6-13(11)20/h5-8H,4H2,1-3H3,(H,17,19,22). The third-order valence-electron chi connectivity index (χ3n) is 3.62. The van der Waals surface area contributed by atoms with Crippen molar-refractivity contribution in [3.05, 3.63) is 45.2 Å². The molecule has 3 rings (SSSR count). The molecule has 0 unspecified atom stereocenters. The number of hydrogen-bond donors (Lipinski definition) is 1. The Morgan fingerprint density at radius 2 is 2.17 bits per heavy atom. The molecule has 8 heteroatoms. The Balaban J connectivity index is 2.11. The molecule has 0 spiro atoms. The van der Waals surface area contributed by atoms with Crippen LogP contribution in [0.1, 0.15) is 22.3 Å². The minimum atomic E-state index is -0.497. The van der Waals surface area contributed by atoms with E-state index in [4.69, 9.17) is 4.74 Å². The van der Waals surface area contributed by atoms with Crippen LogP contribution in [-0.4, -0.2) is 27.8 Å². The fourth-order valence-electron chi connectivity index (χ4n) is 2.44. The lowest BCUT2D eigenvalue weighted by Crippen LogP contribution is -2.23. The van der Waals surface area contributed by atoms with Crippen molar-refractivity contribution in [3.63, 3.8) is 0 Å². The number of carbonyl (C=O) groups excluding carboxylic acids is 1. The number of carbonyl (C=O) groups is 1. The molecule has 3 aromatic rings. The summed E-state index contributed by atoms with van der Waals surface area (Å²) in [6.07, 6.45) is 1.57. The highest BCUT2D eigenvalue weighted by molar-refractivity contribution is 7.15. The lowest BCUT2D eigenvalue weighted by molar-refractivity contribution is 0.102. The van der Waals surface area contributed by atoms with Gasteiger partial charge in [0, 0.05) is 12.7 Å². The lowest BCUT2D eigenvalue weighted by Gasteiger charge is -2.12. The van der Waals surface area contributed by atoms with Gasteiger partial charge in [0.25, 0.3) is 5.91 Å². The van der Waals surface area contributed by atoms with Crippen molar-refractivity contribution in [2.24, 2.45) is 0 Å². The van der Waals surface area contributed by atoms with E-state index in [2.05, 4.69) is 15.5 Å². The maximum atomic E-state index is 12.7. The average molecular weight is 344 g/mol. The van der Waals surface area contributed by atoms with Crippen LogP contribution in [0.3, 0.4) is 0 Å². The molecule has 0 aliphatic rings. The van der Waals surface area contributed by atoms with Gasteiger partial charge in [-0.15, -0.1) is 10.2 Å². The third kappa shape index (κ3) is 2.88. The van der Waals surface area contributed by atoms with E-state index in [9.17, 15) is 9.59 Å². The van der Waals surface area contributed by atoms with Crippen molar-refractivity contribution in [1.29, 1.82) is 0 Å². The second kappa shape index (κ2) is 6.40. The quantitative estimate of drug-likeness (QED) is 0.785. The largest absolute Gasteiger partial charge is 0.497 e. The fraction of sp³-hybridized carbons (Fsp3) is 0.250. The molecule has 0 fully saturated rings. The highest BCUT2D eigenvalue weighted by atomic mass is 32.1. The summed E-state index contributed by atoms with van der Waals surface area (Å²) in [6, 6.07) is 5.25. The summed E-state index contributed by atoms with van der Waals surface area (Å²) >= 11 is 1.25. The van der Waals surface area contributed by atoms with Gasteiger partial charge in [-0.25, -0.2) is 0 Å². The maximum Gasteiger partial charge on any atom is 0.262 e. The Morgan fingerprint density at radius 1 is 1.38 bits per heavy atom. The summed E-state index contributed by atoms with van der Waals surface area (Å²) in [4.78, 5) is 25.2. The van der Waals surface area contributed by atoms with Crippen LogP contribution in [0.25, 0.3) is 10.9 Å². The maximum absolute atomic E-state index is 12.7. The van der Waals surface area contributed by atoms with E-state index in [1.165, 1.54) is 18.4 Å².